The van der Waals surface area contributed by atoms with E-state index in [2.05, 4.69) is 21.5 Å². The van der Waals surface area contributed by atoms with Gasteiger partial charge in [-0.1, -0.05) is 29.8 Å². The van der Waals surface area contributed by atoms with E-state index >= 15 is 0 Å². The molecule has 1 aliphatic rings. The first-order valence-electron chi connectivity index (χ1n) is 8.38. The van der Waals surface area contributed by atoms with Crippen LogP contribution in [-0.4, -0.2) is 26.7 Å². The number of rotatable bonds is 3. The highest BCUT2D eigenvalue weighted by Crippen LogP contribution is 2.39. The third-order valence-corrected chi connectivity index (χ3v) is 5.27. The lowest BCUT2D eigenvalue weighted by atomic mass is 9.76. The van der Waals surface area contributed by atoms with Gasteiger partial charge in [-0.25, -0.2) is 4.98 Å². The summed E-state index contributed by atoms with van der Waals surface area (Å²) in [5.41, 5.74) is 3.24. The number of fused-ring (bicyclic) bond motifs is 1. The Morgan fingerprint density at radius 2 is 2.00 bits per heavy atom. The van der Waals surface area contributed by atoms with Crippen molar-refractivity contribution in [3.8, 4) is 0 Å². The minimum absolute atomic E-state index is 0.136. The van der Waals surface area contributed by atoms with Crippen LogP contribution in [0.1, 0.15) is 40.5 Å². The Hall–Kier alpha value is -2.40. The molecule has 0 bridgehead atoms. The van der Waals surface area contributed by atoms with Crippen molar-refractivity contribution in [2.75, 3.05) is 0 Å². The normalized spacial score (nSPS) is 19.6. The molecule has 1 amide bonds. The maximum absolute atomic E-state index is 12.5. The van der Waals surface area contributed by atoms with Gasteiger partial charge in [0.05, 0.1) is 5.69 Å². The van der Waals surface area contributed by atoms with Crippen LogP contribution in [0.25, 0.3) is 11.0 Å². The van der Waals surface area contributed by atoms with Gasteiger partial charge in [0.1, 0.15) is 5.69 Å². The Morgan fingerprint density at radius 3 is 2.76 bits per heavy atom. The standard InChI is InChI=1S/C19H19ClN4O/c1-11-14-7-8-17(22-18(14)24(2)23-11)19(25)21-13-9-12(10-13)15-5-3-4-6-16(15)20/h3-8,12-13H,9-10H2,1-2H3,(H,21,25). The van der Waals surface area contributed by atoms with Crippen molar-refractivity contribution in [3.05, 3.63) is 58.4 Å². The van der Waals surface area contributed by atoms with Crippen LogP contribution >= 0.6 is 11.6 Å². The van der Waals surface area contributed by atoms with Gasteiger partial charge in [0, 0.05) is 23.5 Å². The molecule has 2 aromatic heterocycles. The fourth-order valence-corrected chi connectivity index (χ4v) is 3.78. The molecule has 1 aliphatic carbocycles. The van der Waals surface area contributed by atoms with Gasteiger partial charge in [0.25, 0.3) is 5.91 Å². The van der Waals surface area contributed by atoms with E-state index in [0.717, 1.165) is 34.6 Å². The first-order valence-corrected chi connectivity index (χ1v) is 8.76. The summed E-state index contributed by atoms with van der Waals surface area (Å²) in [7, 11) is 1.84. The minimum atomic E-state index is -0.136. The zero-order valence-corrected chi connectivity index (χ0v) is 14.9. The number of aromatic nitrogens is 3. The zero-order valence-electron chi connectivity index (χ0n) is 14.2. The maximum Gasteiger partial charge on any atom is 0.270 e. The van der Waals surface area contributed by atoms with Crippen LogP contribution in [-0.2, 0) is 7.05 Å². The average Bonchev–Trinajstić information content (AvgIpc) is 2.85. The molecule has 4 rings (SSSR count). The van der Waals surface area contributed by atoms with Crippen molar-refractivity contribution in [1.29, 1.82) is 0 Å². The molecule has 1 aromatic carbocycles. The molecule has 1 N–H and O–H groups in total. The maximum atomic E-state index is 12.5. The van der Waals surface area contributed by atoms with Crippen molar-refractivity contribution in [2.45, 2.75) is 31.7 Å². The Kier molecular flexibility index (Phi) is 3.96. The monoisotopic (exact) mass is 354 g/mol. The van der Waals surface area contributed by atoms with E-state index in [1.54, 1.807) is 10.7 Å². The van der Waals surface area contributed by atoms with E-state index < -0.39 is 0 Å². The molecule has 1 fully saturated rings. The summed E-state index contributed by atoms with van der Waals surface area (Å²) in [6, 6.07) is 11.7. The van der Waals surface area contributed by atoms with Crippen LogP contribution in [0.3, 0.4) is 0 Å². The summed E-state index contributed by atoms with van der Waals surface area (Å²) in [6.07, 6.45) is 1.81. The average molecular weight is 355 g/mol. The smallest absolute Gasteiger partial charge is 0.270 e. The molecule has 5 nitrogen and oxygen atoms in total. The molecule has 0 spiro atoms. The molecule has 0 unspecified atom stereocenters. The van der Waals surface area contributed by atoms with Gasteiger partial charge in [0.2, 0.25) is 0 Å². The summed E-state index contributed by atoms with van der Waals surface area (Å²) in [4.78, 5) is 17.0. The zero-order chi connectivity index (χ0) is 17.6. The molecular weight excluding hydrogens is 336 g/mol. The Bertz CT molecular complexity index is 959. The third-order valence-electron chi connectivity index (χ3n) is 4.92. The van der Waals surface area contributed by atoms with Gasteiger partial charge in [-0.15, -0.1) is 0 Å². The number of pyridine rings is 1. The molecule has 128 valence electrons. The highest BCUT2D eigenvalue weighted by Gasteiger charge is 2.32. The lowest BCUT2D eigenvalue weighted by Gasteiger charge is -2.36. The van der Waals surface area contributed by atoms with Gasteiger partial charge in [-0.3, -0.25) is 9.48 Å². The SMILES string of the molecule is Cc1nn(C)c2nc(C(=O)NC3CC(c4ccccc4Cl)C3)ccc12. The number of carbonyl (C=O) groups excluding carboxylic acids is 1. The van der Waals surface area contributed by atoms with Crippen LogP contribution in [0.15, 0.2) is 36.4 Å². The number of benzene rings is 1. The van der Waals surface area contributed by atoms with Crippen molar-refractivity contribution >= 4 is 28.5 Å². The van der Waals surface area contributed by atoms with Crippen LogP contribution in [0, 0.1) is 6.92 Å². The van der Waals surface area contributed by atoms with Crippen molar-refractivity contribution in [2.24, 2.45) is 7.05 Å². The van der Waals surface area contributed by atoms with E-state index in [1.165, 1.54) is 5.56 Å². The van der Waals surface area contributed by atoms with E-state index in [0.29, 0.717) is 11.6 Å². The molecule has 2 heterocycles. The molecule has 6 heteroatoms. The van der Waals surface area contributed by atoms with Gasteiger partial charge in [-0.2, -0.15) is 5.10 Å². The van der Waals surface area contributed by atoms with Gasteiger partial charge < -0.3 is 5.32 Å². The van der Waals surface area contributed by atoms with E-state index in [4.69, 9.17) is 11.6 Å². The Morgan fingerprint density at radius 1 is 1.24 bits per heavy atom. The molecular formula is C19H19ClN4O. The number of amides is 1. The molecule has 0 atom stereocenters. The second kappa shape index (κ2) is 6.15. The van der Waals surface area contributed by atoms with E-state index in [9.17, 15) is 4.79 Å². The number of aryl methyl sites for hydroxylation is 2. The number of halogens is 1. The van der Waals surface area contributed by atoms with Gasteiger partial charge in [0.15, 0.2) is 5.65 Å². The molecule has 0 aliphatic heterocycles. The van der Waals surface area contributed by atoms with Crippen LogP contribution in [0.5, 0.6) is 0 Å². The highest BCUT2D eigenvalue weighted by molar-refractivity contribution is 6.31. The predicted octanol–water partition coefficient (Wildman–Crippen LogP) is 3.61. The Labute approximate surface area is 151 Å². The number of nitrogens with zero attached hydrogens (tertiary/aromatic N) is 3. The summed E-state index contributed by atoms with van der Waals surface area (Å²) < 4.78 is 1.71. The molecule has 3 aromatic rings. The van der Waals surface area contributed by atoms with Crippen molar-refractivity contribution in [3.63, 3.8) is 0 Å². The summed E-state index contributed by atoms with van der Waals surface area (Å²) in [5.74, 6) is 0.275. The van der Waals surface area contributed by atoms with E-state index in [1.807, 2.05) is 38.2 Å². The second-order valence-electron chi connectivity index (χ2n) is 6.64. The number of carbonyl (C=O) groups is 1. The van der Waals surface area contributed by atoms with Crippen LogP contribution < -0.4 is 5.32 Å². The quantitative estimate of drug-likeness (QED) is 0.781. The van der Waals surface area contributed by atoms with Crippen LogP contribution in [0.4, 0.5) is 0 Å². The van der Waals surface area contributed by atoms with Crippen molar-refractivity contribution < 1.29 is 4.79 Å². The molecule has 0 radical (unpaired) electrons. The van der Waals surface area contributed by atoms with E-state index in [-0.39, 0.29) is 11.9 Å². The number of hydrogen-bond donors (Lipinski definition) is 1. The Balaban J connectivity index is 1.43. The predicted molar refractivity (Wildman–Crippen MR) is 97.9 cm³/mol. The summed E-state index contributed by atoms with van der Waals surface area (Å²) >= 11 is 6.25. The van der Waals surface area contributed by atoms with Gasteiger partial charge in [-0.05, 0) is 49.4 Å². The highest BCUT2D eigenvalue weighted by atomic mass is 35.5. The topological polar surface area (TPSA) is 59.8 Å². The first kappa shape index (κ1) is 16.1. The first-order chi connectivity index (χ1) is 12.0. The fraction of sp³-hybridized carbons (Fsp3) is 0.316. The van der Waals surface area contributed by atoms with Gasteiger partial charge >= 0.3 is 0 Å². The third kappa shape index (κ3) is 2.89. The summed E-state index contributed by atoms with van der Waals surface area (Å²) in [5, 5.41) is 9.18. The lowest BCUT2D eigenvalue weighted by molar-refractivity contribution is 0.0904. The lowest BCUT2D eigenvalue weighted by Crippen LogP contribution is -2.43. The largest absolute Gasteiger partial charge is 0.348 e. The minimum Gasteiger partial charge on any atom is -0.348 e. The fourth-order valence-electron chi connectivity index (χ4n) is 3.49. The van der Waals surface area contributed by atoms with Crippen LogP contribution in [0.2, 0.25) is 5.02 Å². The summed E-state index contributed by atoms with van der Waals surface area (Å²) in [6.45, 7) is 1.94. The number of hydrogen-bond acceptors (Lipinski definition) is 3. The number of nitrogens with one attached hydrogen (secondary N) is 1. The van der Waals surface area contributed by atoms with Crippen molar-refractivity contribution in [1.82, 2.24) is 20.1 Å². The molecule has 1 saturated carbocycles. The second-order valence-corrected chi connectivity index (χ2v) is 7.04. The molecule has 0 saturated heterocycles. The molecule has 25 heavy (non-hydrogen) atoms.